The number of carboxylic acids is 1. The van der Waals surface area contributed by atoms with Gasteiger partial charge in [0.1, 0.15) is 10.8 Å². The zero-order valence-electron chi connectivity index (χ0n) is 12.9. The van der Waals surface area contributed by atoms with Gasteiger partial charge in [-0.15, -0.1) is 0 Å². The van der Waals surface area contributed by atoms with E-state index >= 15 is 0 Å². The summed E-state index contributed by atoms with van der Waals surface area (Å²) in [7, 11) is 0. The molecule has 23 heavy (non-hydrogen) atoms. The predicted molar refractivity (Wildman–Crippen MR) is 87.3 cm³/mol. The highest BCUT2D eigenvalue weighted by Gasteiger charge is 2.11. The van der Waals surface area contributed by atoms with Gasteiger partial charge in [-0.2, -0.15) is 5.10 Å². The molecule has 0 amide bonds. The lowest BCUT2D eigenvalue weighted by atomic mass is 10.1. The van der Waals surface area contributed by atoms with Crippen LogP contribution in [-0.4, -0.2) is 32.3 Å². The van der Waals surface area contributed by atoms with E-state index in [1.54, 1.807) is 10.7 Å². The van der Waals surface area contributed by atoms with Crippen molar-refractivity contribution >= 4 is 22.3 Å². The zero-order valence-corrected chi connectivity index (χ0v) is 13.8. The van der Waals surface area contributed by atoms with E-state index in [0.29, 0.717) is 23.7 Å². The Morgan fingerprint density at radius 3 is 2.91 bits per heavy atom. The van der Waals surface area contributed by atoms with Gasteiger partial charge in [-0.3, -0.25) is 4.79 Å². The van der Waals surface area contributed by atoms with Crippen molar-refractivity contribution in [3.8, 4) is 5.75 Å². The molecule has 0 aliphatic rings. The molecule has 6 nitrogen and oxygen atoms in total. The molecule has 0 spiro atoms. The Morgan fingerprint density at radius 2 is 2.22 bits per heavy atom. The molecule has 0 aliphatic carbocycles. The molecule has 1 aromatic carbocycles. The van der Waals surface area contributed by atoms with Crippen LogP contribution in [0.4, 0.5) is 0 Å². The third kappa shape index (κ3) is 3.68. The fourth-order valence-electron chi connectivity index (χ4n) is 2.34. The summed E-state index contributed by atoms with van der Waals surface area (Å²) in [5.41, 5.74) is 2.86. The third-order valence-electron chi connectivity index (χ3n) is 3.37. The molecular formula is C16H17N3O3S. The maximum absolute atomic E-state index is 10.7. The average molecular weight is 331 g/mol. The van der Waals surface area contributed by atoms with Gasteiger partial charge in [0.05, 0.1) is 24.9 Å². The second-order valence-corrected chi connectivity index (χ2v) is 6.43. The molecule has 0 radical (unpaired) electrons. The van der Waals surface area contributed by atoms with E-state index in [0.717, 1.165) is 16.3 Å². The summed E-state index contributed by atoms with van der Waals surface area (Å²) in [6.45, 7) is 4.63. The van der Waals surface area contributed by atoms with Crippen molar-refractivity contribution < 1.29 is 14.6 Å². The van der Waals surface area contributed by atoms with E-state index in [9.17, 15) is 4.79 Å². The Hall–Kier alpha value is -2.41. The first-order chi connectivity index (χ1) is 11.0. The summed E-state index contributed by atoms with van der Waals surface area (Å²) in [5.74, 6) is -0.00137. The molecule has 0 bridgehead atoms. The number of hydrogen-bond acceptors (Lipinski definition) is 5. The maximum atomic E-state index is 10.7. The number of aliphatic carboxylic acids is 1. The molecule has 0 atom stereocenters. The Labute approximate surface area is 137 Å². The summed E-state index contributed by atoms with van der Waals surface area (Å²) in [5, 5.41) is 14.1. The van der Waals surface area contributed by atoms with Gasteiger partial charge >= 0.3 is 5.97 Å². The number of ether oxygens (including phenoxy) is 1. The van der Waals surface area contributed by atoms with Crippen molar-refractivity contribution in [2.24, 2.45) is 0 Å². The second kappa shape index (κ2) is 6.37. The largest absolute Gasteiger partial charge is 0.493 e. The minimum absolute atomic E-state index is 0.0821. The minimum Gasteiger partial charge on any atom is -0.493 e. The zero-order chi connectivity index (χ0) is 16.4. The van der Waals surface area contributed by atoms with Gasteiger partial charge < -0.3 is 9.84 Å². The predicted octanol–water partition coefficient (Wildman–Crippen LogP) is 2.66. The summed E-state index contributed by atoms with van der Waals surface area (Å²) in [6, 6.07) is 6.11. The third-order valence-corrected chi connectivity index (χ3v) is 4.35. The molecule has 2 aromatic heterocycles. The molecule has 0 fully saturated rings. The molecule has 7 heteroatoms. The van der Waals surface area contributed by atoms with Crippen molar-refractivity contribution in [1.82, 2.24) is 14.6 Å². The van der Waals surface area contributed by atoms with Crippen LogP contribution in [-0.2, 0) is 17.6 Å². The van der Waals surface area contributed by atoms with Gasteiger partial charge in [0.2, 0.25) is 4.96 Å². The van der Waals surface area contributed by atoms with Crippen LogP contribution in [0.3, 0.4) is 0 Å². The first kappa shape index (κ1) is 15.5. The second-order valence-electron chi connectivity index (χ2n) is 5.39. The lowest BCUT2D eigenvalue weighted by molar-refractivity contribution is -0.136. The molecular weight excluding hydrogens is 314 g/mol. The van der Waals surface area contributed by atoms with Gasteiger partial charge in [-0.1, -0.05) is 29.0 Å². The van der Waals surface area contributed by atoms with Crippen molar-refractivity contribution in [3.63, 3.8) is 0 Å². The van der Waals surface area contributed by atoms with Crippen molar-refractivity contribution in [2.45, 2.75) is 26.7 Å². The van der Waals surface area contributed by atoms with E-state index in [1.165, 1.54) is 16.9 Å². The van der Waals surface area contributed by atoms with Crippen LogP contribution in [0, 0.1) is 13.8 Å². The van der Waals surface area contributed by atoms with Crippen molar-refractivity contribution in [3.05, 3.63) is 46.2 Å². The van der Waals surface area contributed by atoms with Gasteiger partial charge in [0, 0.05) is 6.42 Å². The van der Waals surface area contributed by atoms with Crippen LogP contribution in [0.15, 0.2) is 24.4 Å². The molecule has 1 N–H and O–H groups in total. The smallest absolute Gasteiger partial charge is 0.309 e. The number of aromatic nitrogens is 3. The number of carbonyl (C=O) groups is 1. The minimum atomic E-state index is -0.891. The first-order valence-corrected chi connectivity index (χ1v) is 8.09. The van der Waals surface area contributed by atoms with E-state index in [4.69, 9.17) is 9.84 Å². The van der Waals surface area contributed by atoms with Gasteiger partial charge in [0.25, 0.3) is 0 Å². The Kier molecular flexibility index (Phi) is 4.29. The summed E-state index contributed by atoms with van der Waals surface area (Å²) in [6.07, 6.45) is 2.27. The number of hydrogen-bond donors (Lipinski definition) is 1. The topological polar surface area (TPSA) is 76.7 Å². The number of benzene rings is 1. The average Bonchev–Trinajstić information content (AvgIpc) is 2.98. The summed E-state index contributed by atoms with van der Waals surface area (Å²) < 4.78 is 7.44. The van der Waals surface area contributed by atoms with Gasteiger partial charge in [-0.05, 0) is 25.5 Å². The highest BCUT2D eigenvalue weighted by molar-refractivity contribution is 7.16. The van der Waals surface area contributed by atoms with Crippen molar-refractivity contribution in [2.75, 3.05) is 6.61 Å². The molecule has 2 heterocycles. The van der Waals surface area contributed by atoms with Gasteiger partial charge in [-0.25, -0.2) is 9.50 Å². The lowest BCUT2D eigenvalue weighted by Gasteiger charge is -2.08. The van der Waals surface area contributed by atoms with E-state index < -0.39 is 5.97 Å². The molecule has 3 aromatic rings. The number of aryl methyl sites for hydroxylation is 2. The molecule has 3 rings (SSSR count). The number of rotatable bonds is 6. The van der Waals surface area contributed by atoms with Crippen LogP contribution < -0.4 is 4.74 Å². The van der Waals surface area contributed by atoms with Crippen LogP contribution in [0.1, 0.15) is 21.8 Å². The SMILES string of the molecule is Cc1ccc(OCCc2nn3cc(CC(=O)O)nc3s2)c(C)c1. The molecule has 0 unspecified atom stereocenters. The van der Waals surface area contributed by atoms with Crippen LogP contribution in [0.2, 0.25) is 0 Å². The monoisotopic (exact) mass is 331 g/mol. The summed E-state index contributed by atoms with van der Waals surface area (Å²) in [4.78, 5) is 15.6. The highest BCUT2D eigenvalue weighted by Crippen LogP contribution is 2.20. The Bertz CT molecular complexity index is 822. The Balaban J connectivity index is 1.61. The van der Waals surface area contributed by atoms with Crippen LogP contribution in [0.25, 0.3) is 4.96 Å². The fourth-order valence-corrected chi connectivity index (χ4v) is 3.21. The highest BCUT2D eigenvalue weighted by atomic mass is 32.1. The van der Waals surface area contributed by atoms with E-state index in [1.807, 2.05) is 19.1 Å². The van der Waals surface area contributed by atoms with Crippen molar-refractivity contribution in [1.29, 1.82) is 0 Å². The quantitative estimate of drug-likeness (QED) is 0.751. The number of imidazole rings is 1. The molecule has 0 saturated heterocycles. The lowest BCUT2D eigenvalue weighted by Crippen LogP contribution is -2.03. The molecule has 0 saturated carbocycles. The Morgan fingerprint density at radius 1 is 1.39 bits per heavy atom. The standard InChI is InChI=1S/C16H17N3O3S/c1-10-3-4-13(11(2)7-10)22-6-5-14-18-19-9-12(8-15(20)21)17-16(19)23-14/h3-4,7,9H,5-6,8H2,1-2H3,(H,20,21). The first-order valence-electron chi connectivity index (χ1n) is 7.27. The van der Waals surface area contributed by atoms with Crippen LogP contribution >= 0.6 is 11.3 Å². The molecule has 120 valence electrons. The maximum Gasteiger partial charge on any atom is 0.309 e. The number of nitrogens with zero attached hydrogens (tertiary/aromatic N) is 3. The molecule has 0 aliphatic heterocycles. The van der Waals surface area contributed by atoms with Gasteiger partial charge in [0.15, 0.2) is 0 Å². The van der Waals surface area contributed by atoms with Crippen LogP contribution in [0.5, 0.6) is 5.75 Å². The number of fused-ring (bicyclic) bond motifs is 1. The normalized spacial score (nSPS) is 11.0. The fraction of sp³-hybridized carbons (Fsp3) is 0.312. The number of carboxylic acid groups (broad SMARTS) is 1. The van der Waals surface area contributed by atoms with E-state index in [2.05, 4.69) is 23.1 Å². The van der Waals surface area contributed by atoms with E-state index in [-0.39, 0.29) is 6.42 Å². The summed E-state index contributed by atoms with van der Waals surface area (Å²) >= 11 is 1.45.